The summed E-state index contributed by atoms with van der Waals surface area (Å²) in [4.78, 5) is 21.7. The van der Waals surface area contributed by atoms with Crippen LogP contribution in [0.5, 0.6) is 0 Å². The number of carbonyl (C=O) groups excluding carboxylic acids is 1. The maximum atomic E-state index is 12.3. The van der Waals surface area contributed by atoms with Gasteiger partial charge in [0, 0.05) is 18.7 Å². The predicted molar refractivity (Wildman–Crippen MR) is 83.4 cm³/mol. The van der Waals surface area contributed by atoms with Crippen LogP contribution in [-0.2, 0) is 19.6 Å². The molecule has 0 fully saturated rings. The molecule has 0 saturated heterocycles. The minimum absolute atomic E-state index is 0.195. The number of hydrogen-bond donors (Lipinski definition) is 1. The molecule has 1 rings (SSSR count). The first-order chi connectivity index (χ1) is 10.5. The van der Waals surface area contributed by atoms with Crippen LogP contribution >= 0.6 is 0 Å². The Bertz CT molecular complexity index is 699. The second kappa shape index (κ2) is 7.51. The van der Waals surface area contributed by atoms with Crippen molar-refractivity contribution in [3.8, 4) is 0 Å². The lowest BCUT2D eigenvalue weighted by atomic mass is 10.2. The highest BCUT2D eigenvalue weighted by Crippen LogP contribution is 2.21. The van der Waals surface area contributed by atoms with E-state index in [1.54, 1.807) is 0 Å². The molecule has 1 amide bonds. The van der Waals surface area contributed by atoms with Crippen molar-refractivity contribution in [1.82, 2.24) is 4.72 Å². The molecule has 0 aliphatic carbocycles. The third kappa shape index (κ3) is 5.29. The number of nitro groups is 1. The highest BCUT2D eigenvalue weighted by molar-refractivity contribution is 7.90. The quantitative estimate of drug-likeness (QED) is 0.595. The maximum Gasteiger partial charge on any atom is 0.270 e. The SMILES string of the molecule is Cc1ccc([N+](=O)[O-])cc1S(=O)(=O)NC(=O)[C@H](C)OCC(C)C. The Hall–Kier alpha value is -2.00. The van der Waals surface area contributed by atoms with E-state index >= 15 is 0 Å². The number of aryl methyl sites for hydroxylation is 1. The molecule has 9 heteroatoms. The summed E-state index contributed by atoms with van der Waals surface area (Å²) in [5.41, 5.74) is -0.0702. The standard InChI is InChI=1S/C14H20N2O6S/c1-9(2)8-22-11(4)14(17)15-23(20,21)13-7-12(16(18)19)6-5-10(13)3/h5-7,9,11H,8H2,1-4H3,(H,15,17)/t11-/m0/s1. The van der Waals surface area contributed by atoms with Crippen LogP contribution in [0.1, 0.15) is 26.3 Å². The molecule has 1 aromatic rings. The Balaban J connectivity index is 2.97. The largest absolute Gasteiger partial charge is 0.368 e. The van der Waals surface area contributed by atoms with Crippen molar-refractivity contribution < 1.29 is 22.9 Å². The summed E-state index contributed by atoms with van der Waals surface area (Å²) in [7, 11) is -4.21. The summed E-state index contributed by atoms with van der Waals surface area (Å²) in [6.07, 6.45) is -0.953. The molecule has 0 spiro atoms. The average Bonchev–Trinajstić information content (AvgIpc) is 2.43. The third-order valence-corrected chi connectivity index (χ3v) is 4.44. The number of carbonyl (C=O) groups is 1. The van der Waals surface area contributed by atoms with Gasteiger partial charge in [0.25, 0.3) is 21.6 Å². The second-order valence-corrected chi connectivity index (χ2v) is 7.20. The molecule has 8 nitrogen and oxygen atoms in total. The van der Waals surface area contributed by atoms with Gasteiger partial charge in [-0.3, -0.25) is 14.9 Å². The molecule has 128 valence electrons. The fraction of sp³-hybridized carbons (Fsp3) is 0.500. The molecule has 0 unspecified atom stereocenters. The van der Waals surface area contributed by atoms with E-state index in [9.17, 15) is 23.3 Å². The number of benzene rings is 1. The van der Waals surface area contributed by atoms with E-state index in [0.29, 0.717) is 12.2 Å². The number of nitro benzene ring substituents is 1. The first-order valence-electron chi connectivity index (χ1n) is 6.98. The number of sulfonamides is 1. The number of hydrogen-bond acceptors (Lipinski definition) is 6. The Morgan fingerprint density at radius 1 is 1.35 bits per heavy atom. The van der Waals surface area contributed by atoms with Gasteiger partial charge in [-0.2, -0.15) is 0 Å². The molecule has 0 heterocycles. The number of ether oxygens (including phenoxy) is 1. The Morgan fingerprint density at radius 3 is 2.48 bits per heavy atom. The molecule has 1 aromatic carbocycles. The highest BCUT2D eigenvalue weighted by atomic mass is 32.2. The number of nitrogens with zero attached hydrogens (tertiary/aromatic N) is 1. The topological polar surface area (TPSA) is 116 Å². The molecule has 0 radical (unpaired) electrons. The molecular weight excluding hydrogens is 324 g/mol. The minimum Gasteiger partial charge on any atom is -0.368 e. The third-order valence-electron chi connectivity index (χ3n) is 2.96. The lowest BCUT2D eigenvalue weighted by Crippen LogP contribution is -2.39. The van der Waals surface area contributed by atoms with Gasteiger partial charge in [0.2, 0.25) is 0 Å². The van der Waals surface area contributed by atoms with Gasteiger partial charge in [0.05, 0.1) is 9.82 Å². The first-order valence-corrected chi connectivity index (χ1v) is 8.46. The molecule has 0 bridgehead atoms. The van der Waals surface area contributed by atoms with Crippen molar-refractivity contribution in [1.29, 1.82) is 0 Å². The fourth-order valence-electron chi connectivity index (χ4n) is 1.67. The van der Waals surface area contributed by atoms with Crippen molar-refractivity contribution in [3.63, 3.8) is 0 Å². The summed E-state index contributed by atoms with van der Waals surface area (Å²) in [5.74, 6) is -0.627. The Labute approximate surface area is 135 Å². The lowest BCUT2D eigenvalue weighted by Gasteiger charge is -2.15. The number of nitrogens with one attached hydrogen (secondary N) is 1. The smallest absolute Gasteiger partial charge is 0.270 e. The summed E-state index contributed by atoms with van der Waals surface area (Å²) >= 11 is 0. The van der Waals surface area contributed by atoms with E-state index in [1.807, 2.05) is 18.6 Å². The van der Waals surface area contributed by atoms with E-state index in [2.05, 4.69) is 0 Å². The van der Waals surface area contributed by atoms with Gasteiger partial charge in [-0.15, -0.1) is 0 Å². The lowest BCUT2D eigenvalue weighted by molar-refractivity contribution is -0.385. The van der Waals surface area contributed by atoms with Crippen LogP contribution in [-0.4, -0.2) is 32.0 Å². The summed E-state index contributed by atoms with van der Waals surface area (Å²) in [6, 6.07) is 3.44. The molecule has 0 aliphatic rings. The summed E-state index contributed by atoms with van der Waals surface area (Å²) in [5, 5.41) is 10.8. The van der Waals surface area contributed by atoms with Crippen molar-refractivity contribution in [2.24, 2.45) is 5.92 Å². The van der Waals surface area contributed by atoms with E-state index < -0.39 is 27.0 Å². The van der Waals surface area contributed by atoms with E-state index in [0.717, 1.165) is 6.07 Å². The Kier molecular flexibility index (Phi) is 6.22. The summed E-state index contributed by atoms with van der Waals surface area (Å²) in [6.45, 7) is 7.03. The molecular formula is C14H20N2O6S. The van der Waals surface area contributed by atoms with Crippen LogP contribution in [0.15, 0.2) is 23.1 Å². The van der Waals surface area contributed by atoms with Crippen LogP contribution in [0.25, 0.3) is 0 Å². The number of non-ortho nitro benzene ring substituents is 1. The van der Waals surface area contributed by atoms with Crippen molar-refractivity contribution in [2.45, 2.75) is 38.7 Å². The van der Waals surface area contributed by atoms with Crippen LogP contribution in [0.3, 0.4) is 0 Å². The molecule has 0 aliphatic heterocycles. The molecule has 1 N–H and O–H groups in total. The zero-order chi connectivity index (χ0) is 17.8. The number of amides is 1. The molecule has 23 heavy (non-hydrogen) atoms. The maximum absolute atomic E-state index is 12.3. The molecule has 0 saturated carbocycles. The van der Waals surface area contributed by atoms with Crippen LogP contribution in [0.2, 0.25) is 0 Å². The zero-order valence-electron chi connectivity index (χ0n) is 13.4. The minimum atomic E-state index is -4.21. The predicted octanol–water partition coefficient (Wildman–Crippen LogP) is 1.77. The van der Waals surface area contributed by atoms with E-state index in [-0.39, 0.29) is 16.5 Å². The van der Waals surface area contributed by atoms with Gasteiger partial charge in [-0.1, -0.05) is 19.9 Å². The van der Waals surface area contributed by atoms with Crippen LogP contribution in [0, 0.1) is 23.0 Å². The van der Waals surface area contributed by atoms with Gasteiger partial charge < -0.3 is 4.74 Å². The van der Waals surface area contributed by atoms with E-state index in [4.69, 9.17) is 4.74 Å². The van der Waals surface area contributed by atoms with Crippen molar-refractivity contribution in [3.05, 3.63) is 33.9 Å². The van der Waals surface area contributed by atoms with Gasteiger partial charge in [0.1, 0.15) is 6.10 Å². The van der Waals surface area contributed by atoms with E-state index in [1.165, 1.54) is 26.0 Å². The van der Waals surface area contributed by atoms with Crippen molar-refractivity contribution >= 4 is 21.6 Å². The highest BCUT2D eigenvalue weighted by Gasteiger charge is 2.25. The fourth-order valence-corrected chi connectivity index (χ4v) is 2.98. The monoisotopic (exact) mass is 344 g/mol. The number of rotatable bonds is 7. The summed E-state index contributed by atoms with van der Waals surface area (Å²) < 4.78 is 31.7. The second-order valence-electron chi connectivity index (χ2n) is 5.55. The normalized spacial score (nSPS) is 12.9. The Morgan fingerprint density at radius 2 is 1.96 bits per heavy atom. The first kappa shape index (κ1) is 19.0. The van der Waals surface area contributed by atoms with Gasteiger partial charge in [0.15, 0.2) is 0 Å². The average molecular weight is 344 g/mol. The molecule has 0 aromatic heterocycles. The van der Waals surface area contributed by atoms with Crippen LogP contribution in [0.4, 0.5) is 5.69 Å². The van der Waals surface area contributed by atoms with Gasteiger partial charge in [-0.25, -0.2) is 13.1 Å². The van der Waals surface area contributed by atoms with Gasteiger partial charge >= 0.3 is 0 Å². The van der Waals surface area contributed by atoms with Gasteiger partial charge in [-0.05, 0) is 25.3 Å². The zero-order valence-corrected chi connectivity index (χ0v) is 14.2. The molecule has 1 atom stereocenters. The van der Waals surface area contributed by atoms with Crippen LogP contribution < -0.4 is 4.72 Å². The van der Waals surface area contributed by atoms with Crippen molar-refractivity contribution in [2.75, 3.05) is 6.61 Å².